The first-order valence-corrected chi connectivity index (χ1v) is 8.60. The van der Waals surface area contributed by atoms with Crippen LogP contribution in [0.3, 0.4) is 0 Å². The van der Waals surface area contributed by atoms with Crippen LogP contribution in [0.25, 0.3) is 0 Å². The zero-order valence-electron chi connectivity index (χ0n) is 12.8. The molecule has 1 fully saturated rings. The Morgan fingerprint density at radius 2 is 1.81 bits per heavy atom. The van der Waals surface area contributed by atoms with Gasteiger partial charge in [-0.25, -0.2) is 12.8 Å². The maximum absolute atomic E-state index is 13.4. The second-order valence-corrected chi connectivity index (χ2v) is 8.63. The highest BCUT2D eigenvalue weighted by atomic mass is 32.2. The minimum absolute atomic E-state index is 0.0347. The van der Waals surface area contributed by atoms with Crippen LogP contribution in [-0.4, -0.2) is 25.8 Å². The summed E-state index contributed by atoms with van der Waals surface area (Å²) in [6.45, 7) is 4.40. The number of halogens is 1. The summed E-state index contributed by atoms with van der Waals surface area (Å²) in [4.78, 5) is -0.0765. The van der Waals surface area contributed by atoms with Crippen LogP contribution in [0.4, 0.5) is 10.1 Å². The van der Waals surface area contributed by atoms with Gasteiger partial charge in [-0.15, -0.1) is 0 Å². The third-order valence-corrected chi connectivity index (χ3v) is 6.28. The number of hydrogen-bond acceptors (Lipinski definition) is 3. The molecule has 0 aliphatic heterocycles. The first kappa shape index (κ1) is 16.2. The lowest BCUT2D eigenvalue weighted by molar-refractivity contribution is 0.174. The van der Waals surface area contributed by atoms with Crippen LogP contribution in [0.5, 0.6) is 0 Å². The van der Waals surface area contributed by atoms with Crippen molar-refractivity contribution in [3.05, 3.63) is 24.0 Å². The van der Waals surface area contributed by atoms with Gasteiger partial charge in [0.05, 0.1) is 4.90 Å². The van der Waals surface area contributed by atoms with Crippen LogP contribution in [0.1, 0.15) is 39.5 Å². The van der Waals surface area contributed by atoms with Crippen LogP contribution in [0, 0.1) is 11.2 Å². The van der Waals surface area contributed by atoms with E-state index in [2.05, 4.69) is 13.8 Å². The minimum atomic E-state index is -3.71. The molecule has 0 saturated heterocycles. The Labute approximate surface area is 126 Å². The second-order valence-electron chi connectivity index (χ2n) is 6.64. The van der Waals surface area contributed by atoms with E-state index in [9.17, 15) is 12.8 Å². The van der Waals surface area contributed by atoms with Gasteiger partial charge in [-0.2, -0.15) is 4.31 Å². The lowest BCUT2D eigenvalue weighted by Gasteiger charge is -2.38. The molecule has 4 nitrogen and oxygen atoms in total. The SMILES string of the molecule is CN(C1CCC(C)(C)CC1)S(=O)(=O)c1cc(N)cc(F)c1. The van der Waals surface area contributed by atoms with Gasteiger partial charge in [-0.3, -0.25) is 0 Å². The van der Waals surface area contributed by atoms with Crippen molar-refractivity contribution in [2.75, 3.05) is 12.8 Å². The molecule has 1 aliphatic rings. The summed E-state index contributed by atoms with van der Waals surface area (Å²) in [5.74, 6) is -0.633. The van der Waals surface area contributed by atoms with E-state index in [0.717, 1.165) is 37.8 Å². The van der Waals surface area contributed by atoms with Crippen molar-refractivity contribution in [1.29, 1.82) is 0 Å². The third-order valence-electron chi connectivity index (χ3n) is 4.39. The van der Waals surface area contributed by atoms with Gasteiger partial charge in [0.2, 0.25) is 10.0 Å². The molecule has 0 radical (unpaired) electrons. The van der Waals surface area contributed by atoms with Crippen LogP contribution in [-0.2, 0) is 10.0 Å². The van der Waals surface area contributed by atoms with Crippen molar-refractivity contribution < 1.29 is 12.8 Å². The summed E-state index contributed by atoms with van der Waals surface area (Å²) < 4.78 is 40.0. The average Bonchev–Trinajstić information content (AvgIpc) is 2.36. The standard InChI is InChI=1S/C15H23FN2O2S/c1-15(2)6-4-13(5-7-15)18(3)21(19,20)14-9-11(16)8-12(17)10-14/h8-10,13H,4-7,17H2,1-3H3. The predicted molar refractivity (Wildman–Crippen MR) is 81.8 cm³/mol. The highest BCUT2D eigenvalue weighted by Crippen LogP contribution is 2.37. The Morgan fingerprint density at radius 3 is 2.33 bits per heavy atom. The Bertz CT molecular complexity index is 598. The zero-order valence-corrected chi connectivity index (χ0v) is 13.6. The molecule has 118 valence electrons. The molecule has 0 unspecified atom stereocenters. The lowest BCUT2D eigenvalue weighted by Crippen LogP contribution is -2.40. The summed E-state index contributed by atoms with van der Waals surface area (Å²) in [6.07, 6.45) is 3.63. The molecule has 6 heteroatoms. The normalized spacial score (nSPS) is 19.9. The predicted octanol–water partition coefficient (Wildman–Crippen LogP) is 3.00. The number of sulfonamides is 1. The van der Waals surface area contributed by atoms with E-state index in [0.29, 0.717) is 0 Å². The van der Waals surface area contributed by atoms with Crippen LogP contribution in [0.15, 0.2) is 23.1 Å². The van der Waals surface area contributed by atoms with Gasteiger partial charge >= 0.3 is 0 Å². The number of nitrogens with two attached hydrogens (primary N) is 1. The molecule has 1 saturated carbocycles. The molecule has 0 aromatic heterocycles. The number of hydrogen-bond donors (Lipinski definition) is 1. The van der Waals surface area contributed by atoms with Crippen molar-refractivity contribution >= 4 is 15.7 Å². The van der Waals surface area contributed by atoms with Gasteiger partial charge in [0.25, 0.3) is 0 Å². The van der Waals surface area contributed by atoms with E-state index < -0.39 is 15.8 Å². The molecule has 1 aliphatic carbocycles. The van der Waals surface area contributed by atoms with Crippen molar-refractivity contribution in [2.24, 2.45) is 5.41 Å². The number of rotatable bonds is 3. The van der Waals surface area contributed by atoms with E-state index in [1.807, 2.05) is 0 Å². The molecule has 1 aromatic rings. The molecule has 0 spiro atoms. The maximum atomic E-state index is 13.4. The maximum Gasteiger partial charge on any atom is 0.243 e. The summed E-state index contributed by atoms with van der Waals surface area (Å²) in [5, 5.41) is 0. The lowest BCUT2D eigenvalue weighted by atomic mass is 9.76. The summed E-state index contributed by atoms with van der Waals surface area (Å²) in [7, 11) is -2.14. The van der Waals surface area contributed by atoms with Crippen molar-refractivity contribution in [2.45, 2.75) is 50.5 Å². The fraction of sp³-hybridized carbons (Fsp3) is 0.600. The number of nitrogens with zero attached hydrogens (tertiary/aromatic N) is 1. The van der Waals surface area contributed by atoms with Gasteiger partial charge in [0, 0.05) is 18.8 Å². The van der Waals surface area contributed by atoms with Gasteiger partial charge in [0.1, 0.15) is 5.82 Å². The first-order valence-electron chi connectivity index (χ1n) is 7.16. The van der Waals surface area contributed by atoms with E-state index >= 15 is 0 Å². The van der Waals surface area contributed by atoms with E-state index in [1.54, 1.807) is 7.05 Å². The molecular formula is C15H23FN2O2S. The van der Waals surface area contributed by atoms with Gasteiger partial charge in [0.15, 0.2) is 0 Å². The summed E-state index contributed by atoms with van der Waals surface area (Å²) in [6, 6.07) is 3.41. The zero-order chi connectivity index (χ0) is 15.8. The van der Waals surface area contributed by atoms with Gasteiger partial charge < -0.3 is 5.73 Å². The number of benzene rings is 1. The van der Waals surface area contributed by atoms with Gasteiger partial charge in [-0.1, -0.05) is 13.8 Å². The highest BCUT2D eigenvalue weighted by molar-refractivity contribution is 7.89. The molecule has 21 heavy (non-hydrogen) atoms. The Morgan fingerprint density at radius 1 is 1.24 bits per heavy atom. The van der Waals surface area contributed by atoms with Crippen molar-refractivity contribution in [1.82, 2.24) is 4.31 Å². The Kier molecular flexibility index (Phi) is 4.31. The van der Waals surface area contributed by atoms with Crippen LogP contribution < -0.4 is 5.73 Å². The molecule has 0 heterocycles. The monoisotopic (exact) mass is 314 g/mol. The number of anilines is 1. The molecule has 0 amide bonds. The molecule has 0 atom stereocenters. The largest absolute Gasteiger partial charge is 0.399 e. The fourth-order valence-corrected chi connectivity index (χ4v) is 4.33. The first-order chi connectivity index (χ1) is 9.62. The molecule has 2 N–H and O–H groups in total. The molecular weight excluding hydrogens is 291 g/mol. The van der Waals surface area contributed by atoms with E-state index in [-0.39, 0.29) is 22.0 Å². The highest BCUT2D eigenvalue weighted by Gasteiger charge is 2.34. The quantitative estimate of drug-likeness (QED) is 0.872. The molecule has 1 aromatic carbocycles. The number of nitrogen functional groups attached to an aromatic ring is 1. The molecule has 2 rings (SSSR count). The van der Waals surface area contributed by atoms with E-state index in [1.165, 1.54) is 10.4 Å². The van der Waals surface area contributed by atoms with Gasteiger partial charge in [-0.05, 0) is 49.3 Å². The Hall–Kier alpha value is -1.14. The Balaban J connectivity index is 2.23. The third kappa shape index (κ3) is 3.55. The summed E-state index contributed by atoms with van der Waals surface area (Å²) in [5.41, 5.74) is 5.93. The second kappa shape index (κ2) is 5.57. The van der Waals surface area contributed by atoms with Crippen LogP contribution in [0.2, 0.25) is 0 Å². The molecule has 0 bridgehead atoms. The van der Waals surface area contributed by atoms with Crippen molar-refractivity contribution in [3.63, 3.8) is 0 Å². The van der Waals surface area contributed by atoms with Crippen LogP contribution >= 0.6 is 0 Å². The average molecular weight is 314 g/mol. The summed E-state index contributed by atoms with van der Waals surface area (Å²) >= 11 is 0. The van der Waals surface area contributed by atoms with E-state index in [4.69, 9.17) is 5.73 Å². The fourth-order valence-electron chi connectivity index (χ4n) is 2.84. The minimum Gasteiger partial charge on any atom is -0.399 e. The smallest absolute Gasteiger partial charge is 0.243 e. The van der Waals surface area contributed by atoms with Crippen molar-refractivity contribution in [3.8, 4) is 0 Å². The topological polar surface area (TPSA) is 63.4 Å².